The minimum Gasteiger partial charge on any atom is -0.396 e. The van der Waals surface area contributed by atoms with Crippen molar-refractivity contribution in [3.8, 4) is 0 Å². The van der Waals surface area contributed by atoms with Crippen LogP contribution in [-0.4, -0.2) is 31.9 Å². The first-order valence-electron chi connectivity index (χ1n) is 6.66. The summed E-state index contributed by atoms with van der Waals surface area (Å²) >= 11 is 0. The third-order valence-corrected chi connectivity index (χ3v) is 5.00. The zero-order valence-electron chi connectivity index (χ0n) is 10.7. The summed E-state index contributed by atoms with van der Waals surface area (Å²) in [7, 11) is -3.16. The second kappa shape index (κ2) is 7.34. The maximum atomic E-state index is 11.8. The fourth-order valence-corrected chi connectivity index (χ4v) is 3.88. The lowest BCUT2D eigenvalue weighted by molar-refractivity contribution is 0.287. The summed E-state index contributed by atoms with van der Waals surface area (Å²) < 4.78 is 26.5. The van der Waals surface area contributed by atoms with Gasteiger partial charge in [0.05, 0.1) is 5.75 Å². The molecule has 1 aliphatic carbocycles. The summed E-state index contributed by atoms with van der Waals surface area (Å²) in [6.45, 7) is 2.20. The highest BCUT2D eigenvalue weighted by molar-refractivity contribution is 7.89. The fourth-order valence-electron chi connectivity index (χ4n) is 2.36. The lowest BCUT2D eigenvalue weighted by Gasteiger charge is -2.22. The lowest BCUT2D eigenvalue weighted by Crippen LogP contribution is -2.40. The van der Waals surface area contributed by atoms with Gasteiger partial charge in [-0.1, -0.05) is 26.2 Å². The average molecular weight is 263 g/mol. The van der Waals surface area contributed by atoms with Gasteiger partial charge in [-0.3, -0.25) is 0 Å². The Morgan fingerprint density at radius 1 is 1.18 bits per heavy atom. The molecule has 0 amide bonds. The van der Waals surface area contributed by atoms with Crippen LogP contribution in [0.25, 0.3) is 0 Å². The molecule has 0 aliphatic heterocycles. The smallest absolute Gasteiger partial charge is 0.211 e. The van der Waals surface area contributed by atoms with Crippen LogP contribution < -0.4 is 4.72 Å². The molecule has 0 saturated heterocycles. The van der Waals surface area contributed by atoms with Gasteiger partial charge in [0.1, 0.15) is 0 Å². The van der Waals surface area contributed by atoms with Crippen molar-refractivity contribution in [3.63, 3.8) is 0 Å². The largest absolute Gasteiger partial charge is 0.396 e. The Kier molecular flexibility index (Phi) is 6.44. The molecule has 4 nitrogen and oxygen atoms in total. The maximum absolute atomic E-state index is 11.8. The quantitative estimate of drug-likeness (QED) is 0.565. The molecule has 102 valence electrons. The number of unbranched alkanes of at least 4 members (excludes halogenated alkanes) is 1. The molecule has 2 N–H and O–H groups in total. The number of sulfonamides is 1. The first-order valence-corrected chi connectivity index (χ1v) is 8.31. The molecule has 5 heteroatoms. The Bertz CT molecular complexity index is 303. The number of rotatable bonds is 6. The van der Waals surface area contributed by atoms with Crippen LogP contribution in [0.2, 0.25) is 0 Å². The van der Waals surface area contributed by atoms with Gasteiger partial charge in [-0.2, -0.15) is 0 Å². The van der Waals surface area contributed by atoms with E-state index in [1.54, 1.807) is 0 Å². The number of nitrogens with one attached hydrogen (secondary N) is 1. The molecule has 2 unspecified atom stereocenters. The van der Waals surface area contributed by atoms with Crippen LogP contribution in [0, 0.1) is 5.92 Å². The van der Waals surface area contributed by atoms with Gasteiger partial charge in [0, 0.05) is 12.6 Å². The molecule has 0 spiro atoms. The van der Waals surface area contributed by atoms with Gasteiger partial charge < -0.3 is 5.11 Å². The molecule has 1 aliphatic rings. The van der Waals surface area contributed by atoms with Gasteiger partial charge >= 0.3 is 0 Å². The minimum absolute atomic E-state index is 0.0648. The molecule has 0 heterocycles. The Balaban J connectivity index is 2.44. The average Bonchev–Trinajstić information content (AvgIpc) is 2.44. The van der Waals surface area contributed by atoms with E-state index in [0.29, 0.717) is 18.8 Å². The molecule has 2 atom stereocenters. The summed E-state index contributed by atoms with van der Waals surface area (Å²) in [6, 6.07) is 0.108. The molecule has 0 aromatic heterocycles. The molecular formula is C12H25NO3S. The van der Waals surface area contributed by atoms with Gasteiger partial charge in [0.15, 0.2) is 0 Å². The Morgan fingerprint density at radius 3 is 2.59 bits per heavy atom. The second-order valence-electron chi connectivity index (χ2n) is 5.09. The van der Waals surface area contributed by atoms with Crippen LogP contribution in [0.4, 0.5) is 0 Å². The Labute approximate surface area is 105 Å². The molecule has 0 radical (unpaired) electrons. The zero-order valence-corrected chi connectivity index (χ0v) is 11.5. The van der Waals surface area contributed by atoms with Crippen LogP contribution in [0.3, 0.4) is 0 Å². The number of aliphatic hydroxyl groups excluding tert-OH is 1. The van der Waals surface area contributed by atoms with E-state index in [9.17, 15) is 8.42 Å². The van der Waals surface area contributed by atoms with Crippen LogP contribution in [-0.2, 0) is 10.0 Å². The van der Waals surface area contributed by atoms with Crippen molar-refractivity contribution < 1.29 is 13.5 Å². The van der Waals surface area contributed by atoms with E-state index < -0.39 is 10.0 Å². The van der Waals surface area contributed by atoms with Crippen molar-refractivity contribution in [2.75, 3.05) is 12.4 Å². The number of aliphatic hydroxyl groups is 1. The van der Waals surface area contributed by atoms with Crippen molar-refractivity contribution in [2.24, 2.45) is 5.92 Å². The van der Waals surface area contributed by atoms with Crippen molar-refractivity contribution in [1.82, 2.24) is 4.72 Å². The SMILES string of the molecule is CC1CCCCCC1NS(=O)(=O)CCCCO. The minimum atomic E-state index is -3.16. The summed E-state index contributed by atoms with van der Waals surface area (Å²) in [4.78, 5) is 0. The van der Waals surface area contributed by atoms with Crippen molar-refractivity contribution >= 4 is 10.0 Å². The number of hydrogen-bond acceptors (Lipinski definition) is 3. The van der Waals surface area contributed by atoms with Gasteiger partial charge in [0.25, 0.3) is 0 Å². The van der Waals surface area contributed by atoms with Crippen molar-refractivity contribution in [3.05, 3.63) is 0 Å². The molecule has 1 saturated carbocycles. The summed E-state index contributed by atoms with van der Waals surface area (Å²) in [5.74, 6) is 0.571. The molecule has 1 rings (SSSR count). The normalized spacial score (nSPS) is 26.7. The highest BCUT2D eigenvalue weighted by Gasteiger charge is 2.24. The maximum Gasteiger partial charge on any atom is 0.211 e. The third kappa shape index (κ3) is 5.84. The molecule has 0 aromatic carbocycles. The highest BCUT2D eigenvalue weighted by atomic mass is 32.2. The van der Waals surface area contributed by atoms with Crippen LogP contribution in [0.5, 0.6) is 0 Å². The van der Waals surface area contributed by atoms with E-state index in [0.717, 1.165) is 19.3 Å². The lowest BCUT2D eigenvalue weighted by atomic mass is 9.98. The predicted octanol–water partition coefficient (Wildman–Crippen LogP) is 1.65. The van der Waals surface area contributed by atoms with E-state index in [2.05, 4.69) is 11.6 Å². The topological polar surface area (TPSA) is 66.4 Å². The van der Waals surface area contributed by atoms with E-state index >= 15 is 0 Å². The molecule has 0 bridgehead atoms. The van der Waals surface area contributed by atoms with Crippen molar-refractivity contribution in [2.45, 2.75) is 57.9 Å². The predicted molar refractivity (Wildman–Crippen MR) is 69.3 cm³/mol. The highest BCUT2D eigenvalue weighted by Crippen LogP contribution is 2.23. The zero-order chi connectivity index (χ0) is 12.7. The first-order chi connectivity index (χ1) is 8.05. The summed E-state index contributed by atoms with van der Waals surface area (Å²) in [6.07, 6.45) is 6.71. The van der Waals surface area contributed by atoms with Crippen LogP contribution >= 0.6 is 0 Å². The Morgan fingerprint density at radius 2 is 1.88 bits per heavy atom. The Hall–Kier alpha value is -0.130. The molecule has 1 fully saturated rings. The van der Waals surface area contributed by atoms with Gasteiger partial charge in [-0.15, -0.1) is 0 Å². The second-order valence-corrected chi connectivity index (χ2v) is 6.96. The van der Waals surface area contributed by atoms with E-state index in [1.165, 1.54) is 12.8 Å². The fraction of sp³-hybridized carbons (Fsp3) is 1.00. The molecule has 0 aromatic rings. The standard InChI is InChI=1S/C12H25NO3S/c1-11-7-3-2-4-8-12(11)13-17(15,16)10-6-5-9-14/h11-14H,2-10H2,1H3. The number of hydrogen-bond donors (Lipinski definition) is 2. The summed E-state index contributed by atoms with van der Waals surface area (Å²) in [5, 5.41) is 8.65. The van der Waals surface area contributed by atoms with Gasteiger partial charge in [-0.05, 0) is 31.6 Å². The van der Waals surface area contributed by atoms with Crippen LogP contribution in [0.1, 0.15) is 51.9 Å². The third-order valence-electron chi connectivity index (χ3n) is 3.51. The summed E-state index contributed by atoms with van der Waals surface area (Å²) in [5.41, 5.74) is 0. The first kappa shape index (κ1) is 14.9. The van der Waals surface area contributed by atoms with E-state index in [4.69, 9.17) is 5.11 Å². The van der Waals surface area contributed by atoms with E-state index in [1.807, 2.05) is 0 Å². The van der Waals surface area contributed by atoms with Crippen molar-refractivity contribution in [1.29, 1.82) is 0 Å². The van der Waals surface area contributed by atoms with Crippen LogP contribution in [0.15, 0.2) is 0 Å². The molecule has 17 heavy (non-hydrogen) atoms. The van der Waals surface area contributed by atoms with E-state index in [-0.39, 0.29) is 18.4 Å². The van der Waals surface area contributed by atoms with Gasteiger partial charge in [0.2, 0.25) is 10.0 Å². The van der Waals surface area contributed by atoms with Gasteiger partial charge in [-0.25, -0.2) is 13.1 Å². The monoisotopic (exact) mass is 263 g/mol. The molecular weight excluding hydrogens is 238 g/mol.